The van der Waals surface area contributed by atoms with Crippen molar-refractivity contribution in [3.63, 3.8) is 0 Å². The molecule has 0 saturated carbocycles. The topological polar surface area (TPSA) is 75.5 Å². The number of anilines is 1. The molecule has 1 aliphatic rings. The summed E-state index contributed by atoms with van der Waals surface area (Å²) in [5.41, 5.74) is 4.76. The minimum absolute atomic E-state index is 0.146. The molecule has 1 fully saturated rings. The highest BCUT2D eigenvalue weighted by atomic mass is 35.5. The Morgan fingerprint density at radius 3 is 2.41 bits per heavy atom. The van der Waals surface area contributed by atoms with E-state index in [-0.39, 0.29) is 17.0 Å². The van der Waals surface area contributed by atoms with E-state index in [9.17, 15) is 10.1 Å². The average molecular weight is 455 g/mol. The van der Waals surface area contributed by atoms with Crippen molar-refractivity contribution in [2.24, 2.45) is 5.41 Å². The molecule has 0 spiro atoms. The molecule has 7 nitrogen and oxygen atoms in total. The molecule has 32 heavy (non-hydrogen) atoms. The second-order valence-electron chi connectivity index (χ2n) is 9.48. The molecule has 1 aromatic heterocycles. The van der Waals surface area contributed by atoms with Crippen LogP contribution in [0.15, 0.2) is 36.4 Å². The Balaban J connectivity index is 1.72. The van der Waals surface area contributed by atoms with Crippen molar-refractivity contribution in [1.29, 1.82) is 5.26 Å². The Labute approximate surface area is 195 Å². The minimum atomic E-state index is -0.249. The number of halogens is 1. The van der Waals surface area contributed by atoms with Crippen LogP contribution in [0.5, 0.6) is 0 Å². The molecular weight excluding hydrogens is 424 g/mol. The van der Waals surface area contributed by atoms with Gasteiger partial charge in [-0.2, -0.15) is 5.26 Å². The lowest BCUT2D eigenvalue weighted by molar-refractivity contribution is 0.0945. The van der Waals surface area contributed by atoms with Crippen LogP contribution in [0.4, 0.5) is 5.82 Å². The van der Waals surface area contributed by atoms with Crippen LogP contribution in [0.1, 0.15) is 42.4 Å². The summed E-state index contributed by atoms with van der Waals surface area (Å²) in [4.78, 5) is 22.1. The third kappa shape index (κ3) is 6.67. The van der Waals surface area contributed by atoms with Crippen molar-refractivity contribution in [2.75, 3.05) is 44.8 Å². The Morgan fingerprint density at radius 1 is 1.16 bits per heavy atom. The molecule has 1 saturated heterocycles. The first kappa shape index (κ1) is 24.0. The number of nitriles is 1. The Morgan fingerprint density at radius 2 is 1.81 bits per heavy atom. The highest BCUT2D eigenvalue weighted by molar-refractivity contribution is 6.33. The number of carbonyl (C=O) groups excluding carboxylic acids is 1. The second-order valence-corrected chi connectivity index (χ2v) is 9.89. The van der Waals surface area contributed by atoms with Crippen LogP contribution < -0.4 is 10.4 Å². The number of nitrogens with zero attached hydrogens (tertiary/aromatic N) is 5. The summed E-state index contributed by atoms with van der Waals surface area (Å²) in [6.07, 6.45) is 0. The van der Waals surface area contributed by atoms with Crippen LogP contribution >= 0.6 is 11.6 Å². The molecule has 0 unspecified atom stereocenters. The number of piperazine rings is 1. The monoisotopic (exact) mass is 454 g/mol. The van der Waals surface area contributed by atoms with Gasteiger partial charge in [0.1, 0.15) is 11.8 Å². The number of hydrogen-bond donors (Lipinski definition) is 1. The molecule has 3 rings (SSSR count). The van der Waals surface area contributed by atoms with Crippen molar-refractivity contribution in [2.45, 2.75) is 27.3 Å². The number of hydrazine groups is 1. The largest absolute Gasteiger partial charge is 0.304 e. The standard InChI is InChI=1S/C24H31ClN6O/c1-24(2,3)17-31(22-21(25)10-9-20(15-26)27-22)28-23(32)19-7-5-18(6-8-19)16-30-13-11-29(4)12-14-30/h5-10H,11-14,16-17H2,1-4H3,(H,28,32). The number of rotatable bonds is 6. The fraction of sp³-hybridized carbons (Fsp3) is 0.458. The summed E-state index contributed by atoms with van der Waals surface area (Å²) >= 11 is 6.36. The van der Waals surface area contributed by atoms with Gasteiger partial charge in [-0.3, -0.25) is 20.1 Å². The lowest BCUT2D eigenvalue weighted by atomic mass is 9.96. The summed E-state index contributed by atoms with van der Waals surface area (Å²) in [6.45, 7) is 11.8. The fourth-order valence-electron chi connectivity index (χ4n) is 3.54. The maximum Gasteiger partial charge on any atom is 0.269 e. The highest BCUT2D eigenvalue weighted by Crippen LogP contribution is 2.26. The van der Waals surface area contributed by atoms with Gasteiger partial charge in [-0.15, -0.1) is 0 Å². The Hall–Kier alpha value is -2.66. The summed E-state index contributed by atoms with van der Waals surface area (Å²) in [6, 6.07) is 12.9. The van der Waals surface area contributed by atoms with E-state index in [1.165, 1.54) is 5.56 Å². The van der Waals surface area contributed by atoms with E-state index in [1.54, 1.807) is 17.1 Å². The zero-order chi connectivity index (χ0) is 23.3. The molecule has 0 atom stereocenters. The van der Waals surface area contributed by atoms with E-state index in [4.69, 9.17) is 11.6 Å². The first-order valence-electron chi connectivity index (χ1n) is 10.8. The molecule has 0 bridgehead atoms. The number of pyridine rings is 1. The number of aromatic nitrogens is 1. The maximum atomic E-state index is 13.0. The third-order valence-electron chi connectivity index (χ3n) is 5.28. The number of nitrogens with one attached hydrogen (secondary N) is 1. The van der Waals surface area contributed by atoms with Crippen molar-refractivity contribution in [3.8, 4) is 6.07 Å². The van der Waals surface area contributed by atoms with Gasteiger partial charge < -0.3 is 4.90 Å². The predicted molar refractivity (Wildman–Crippen MR) is 127 cm³/mol. The van der Waals surface area contributed by atoms with Crippen LogP contribution in [-0.4, -0.2) is 60.5 Å². The van der Waals surface area contributed by atoms with Gasteiger partial charge in [-0.1, -0.05) is 44.5 Å². The number of carbonyl (C=O) groups is 1. The quantitative estimate of drug-likeness (QED) is 0.673. The van der Waals surface area contributed by atoms with Crippen LogP contribution in [0.2, 0.25) is 5.02 Å². The molecule has 0 aliphatic carbocycles. The maximum absolute atomic E-state index is 13.0. The fourth-order valence-corrected chi connectivity index (χ4v) is 3.74. The van der Waals surface area contributed by atoms with Crippen molar-refractivity contribution in [3.05, 3.63) is 58.2 Å². The van der Waals surface area contributed by atoms with E-state index in [0.29, 0.717) is 22.9 Å². The summed E-state index contributed by atoms with van der Waals surface area (Å²) in [5.74, 6) is 0.112. The number of hydrogen-bond acceptors (Lipinski definition) is 6. The number of benzene rings is 1. The van der Waals surface area contributed by atoms with Crippen LogP contribution in [0.25, 0.3) is 0 Å². The third-order valence-corrected chi connectivity index (χ3v) is 5.58. The van der Waals surface area contributed by atoms with E-state index in [2.05, 4.69) is 48.0 Å². The molecule has 1 amide bonds. The van der Waals surface area contributed by atoms with Crippen LogP contribution in [0.3, 0.4) is 0 Å². The molecule has 2 aromatic rings. The first-order chi connectivity index (χ1) is 15.1. The van der Waals surface area contributed by atoms with Gasteiger partial charge in [-0.25, -0.2) is 4.98 Å². The van der Waals surface area contributed by atoms with E-state index in [0.717, 1.165) is 32.7 Å². The van der Waals surface area contributed by atoms with E-state index >= 15 is 0 Å². The average Bonchev–Trinajstić information content (AvgIpc) is 2.75. The van der Waals surface area contributed by atoms with Gasteiger partial charge in [0, 0.05) is 44.8 Å². The van der Waals surface area contributed by atoms with Gasteiger partial charge in [-0.05, 0) is 42.3 Å². The summed E-state index contributed by atoms with van der Waals surface area (Å²) in [7, 11) is 2.15. The second kappa shape index (κ2) is 10.3. The molecule has 170 valence electrons. The number of likely N-dealkylation sites (N-methyl/N-ethyl adjacent to an activating group) is 1. The van der Waals surface area contributed by atoms with Crippen molar-refractivity contribution >= 4 is 23.3 Å². The molecule has 1 N–H and O–H groups in total. The van der Waals surface area contributed by atoms with E-state index < -0.39 is 0 Å². The zero-order valence-corrected chi connectivity index (χ0v) is 20.0. The van der Waals surface area contributed by atoms with E-state index in [1.807, 2.05) is 30.3 Å². The molecule has 1 aliphatic heterocycles. The smallest absolute Gasteiger partial charge is 0.269 e. The van der Waals surface area contributed by atoms with Crippen molar-refractivity contribution in [1.82, 2.24) is 20.2 Å². The number of amides is 1. The van der Waals surface area contributed by atoms with Crippen molar-refractivity contribution < 1.29 is 4.79 Å². The minimum Gasteiger partial charge on any atom is -0.304 e. The molecular formula is C24H31ClN6O. The lowest BCUT2D eigenvalue weighted by Crippen LogP contribution is -2.47. The van der Waals surface area contributed by atoms with Crippen LogP contribution in [0, 0.1) is 16.7 Å². The Kier molecular flexibility index (Phi) is 7.73. The van der Waals surface area contributed by atoms with Crippen LogP contribution in [-0.2, 0) is 6.54 Å². The van der Waals surface area contributed by atoms with Gasteiger partial charge >= 0.3 is 0 Å². The lowest BCUT2D eigenvalue weighted by Gasteiger charge is -2.32. The molecule has 8 heteroatoms. The van der Waals surface area contributed by atoms with Gasteiger partial charge in [0.15, 0.2) is 5.82 Å². The molecule has 0 radical (unpaired) electrons. The molecule has 1 aromatic carbocycles. The summed E-state index contributed by atoms with van der Waals surface area (Å²) in [5, 5.41) is 11.2. The van der Waals surface area contributed by atoms with Gasteiger partial charge in [0.05, 0.1) is 5.02 Å². The molecule has 2 heterocycles. The first-order valence-corrected chi connectivity index (χ1v) is 11.2. The zero-order valence-electron chi connectivity index (χ0n) is 19.2. The summed E-state index contributed by atoms with van der Waals surface area (Å²) < 4.78 is 0. The van der Waals surface area contributed by atoms with Gasteiger partial charge in [0.2, 0.25) is 0 Å². The SMILES string of the molecule is CN1CCN(Cc2ccc(C(=O)NN(CC(C)(C)C)c3nc(C#N)ccc3Cl)cc2)CC1. The normalized spacial score (nSPS) is 15.2. The predicted octanol–water partition coefficient (Wildman–Crippen LogP) is 3.55. The Bertz CT molecular complexity index is 971. The highest BCUT2D eigenvalue weighted by Gasteiger charge is 2.23. The van der Waals surface area contributed by atoms with Gasteiger partial charge in [0.25, 0.3) is 5.91 Å².